The molecule has 3 rings (SSSR count). The molecular formula is C17H25ClN2O. The van der Waals surface area contributed by atoms with Gasteiger partial charge in [-0.2, -0.15) is 0 Å². The molecule has 1 aromatic carbocycles. The highest BCUT2D eigenvalue weighted by Gasteiger charge is 2.41. The average molecular weight is 309 g/mol. The number of carbonyl (C=O) groups excluding carboxylic acids is 1. The highest BCUT2D eigenvalue weighted by atomic mass is 35.5. The number of nitrogens with zero attached hydrogens (tertiary/aromatic N) is 1. The Morgan fingerprint density at radius 1 is 1.19 bits per heavy atom. The second kappa shape index (κ2) is 6.80. The van der Waals surface area contributed by atoms with Gasteiger partial charge in [-0.25, -0.2) is 0 Å². The van der Waals surface area contributed by atoms with E-state index in [1.54, 1.807) is 0 Å². The van der Waals surface area contributed by atoms with Crippen molar-refractivity contribution < 1.29 is 4.79 Å². The summed E-state index contributed by atoms with van der Waals surface area (Å²) in [5, 5.41) is 3.43. The van der Waals surface area contributed by atoms with Gasteiger partial charge in [-0.05, 0) is 50.3 Å². The molecule has 1 unspecified atom stereocenters. The zero-order valence-corrected chi connectivity index (χ0v) is 13.5. The van der Waals surface area contributed by atoms with Gasteiger partial charge in [-0.1, -0.05) is 30.3 Å². The fourth-order valence-corrected chi connectivity index (χ4v) is 3.65. The van der Waals surface area contributed by atoms with Gasteiger partial charge in [0.1, 0.15) is 0 Å². The number of benzene rings is 1. The predicted octanol–water partition coefficient (Wildman–Crippen LogP) is 2.81. The SMILES string of the molecule is CC(C(=O)N1CCC2(CCNCC2)C1)c1ccccc1.Cl. The van der Waals surface area contributed by atoms with E-state index < -0.39 is 0 Å². The van der Waals surface area contributed by atoms with Crippen LogP contribution in [0.1, 0.15) is 37.7 Å². The molecule has 4 heteroatoms. The summed E-state index contributed by atoms with van der Waals surface area (Å²) in [5.74, 6) is 0.277. The predicted molar refractivity (Wildman–Crippen MR) is 87.8 cm³/mol. The summed E-state index contributed by atoms with van der Waals surface area (Å²) in [6.07, 6.45) is 3.62. The van der Waals surface area contributed by atoms with Crippen molar-refractivity contribution in [2.45, 2.75) is 32.1 Å². The summed E-state index contributed by atoms with van der Waals surface area (Å²) < 4.78 is 0. The van der Waals surface area contributed by atoms with Crippen LogP contribution in [0.5, 0.6) is 0 Å². The van der Waals surface area contributed by atoms with Gasteiger partial charge >= 0.3 is 0 Å². The van der Waals surface area contributed by atoms with Gasteiger partial charge in [0, 0.05) is 13.1 Å². The Bertz CT molecular complexity index is 471. The number of hydrogen-bond donors (Lipinski definition) is 1. The maximum atomic E-state index is 12.7. The quantitative estimate of drug-likeness (QED) is 0.911. The second-order valence-corrected chi connectivity index (χ2v) is 6.39. The highest BCUT2D eigenvalue weighted by molar-refractivity contribution is 5.85. The lowest BCUT2D eigenvalue weighted by molar-refractivity contribution is -0.131. The van der Waals surface area contributed by atoms with E-state index in [1.165, 1.54) is 19.3 Å². The number of amides is 1. The van der Waals surface area contributed by atoms with Crippen molar-refractivity contribution >= 4 is 18.3 Å². The van der Waals surface area contributed by atoms with Crippen molar-refractivity contribution in [2.24, 2.45) is 5.41 Å². The monoisotopic (exact) mass is 308 g/mol. The van der Waals surface area contributed by atoms with Gasteiger partial charge in [0.25, 0.3) is 0 Å². The van der Waals surface area contributed by atoms with E-state index in [9.17, 15) is 4.79 Å². The normalized spacial score (nSPS) is 21.9. The molecule has 2 heterocycles. The molecule has 2 saturated heterocycles. The molecule has 1 amide bonds. The molecule has 0 aliphatic carbocycles. The summed E-state index contributed by atoms with van der Waals surface area (Å²) in [6, 6.07) is 10.1. The fourth-order valence-electron chi connectivity index (χ4n) is 3.65. The molecule has 1 atom stereocenters. The van der Waals surface area contributed by atoms with E-state index in [-0.39, 0.29) is 18.3 Å². The Kier molecular flexibility index (Phi) is 5.28. The van der Waals surface area contributed by atoms with Gasteiger partial charge < -0.3 is 10.2 Å². The maximum Gasteiger partial charge on any atom is 0.229 e. The number of rotatable bonds is 2. The van der Waals surface area contributed by atoms with Crippen molar-refractivity contribution in [3.63, 3.8) is 0 Å². The number of piperidine rings is 1. The topological polar surface area (TPSA) is 32.3 Å². The number of likely N-dealkylation sites (tertiary alicyclic amines) is 1. The smallest absolute Gasteiger partial charge is 0.229 e. The van der Waals surface area contributed by atoms with Gasteiger partial charge in [0.15, 0.2) is 0 Å². The minimum absolute atomic E-state index is 0. The van der Waals surface area contributed by atoms with Gasteiger partial charge in [0.2, 0.25) is 5.91 Å². The van der Waals surface area contributed by atoms with Crippen LogP contribution >= 0.6 is 12.4 Å². The van der Waals surface area contributed by atoms with Crippen LogP contribution in [0.25, 0.3) is 0 Å². The van der Waals surface area contributed by atoms with Crippen LogP contribution in [0.15, 0.2) is 30.3 Å². The van der Waals surface area contributed by atoms with Crippen molar-refractivity contribution in [3.05, 3.63) is 35.9 Å². The van der Waals surface area contributed by atoms with Crippen LogP contribution in [-0.2, 0) is 4.79 Å². The number of halogens is 1. The maximum absolute atomic E-state index is 12.7. The summed E-state index contributed by atoms with van der Waals surface area (Å²) in [6.45, 7) is 6.15. The average Bonchev–Trinajstić information content (AvgIpc) is 2.91. The molecule has 116 valence electrons. The van der Waals surface area contributed by atoms with E-state index in [2.05, 4.69) is 22.3 Å². The third kappa shape index (κ3) is 3.41. The summed E-state index contributed by atoms with van der Waals surface area (Å²) in [4.78, 5) is 14.8. The minimum Gasteiger partial charge on any atom is -0.342 e. The van der Waals surface area contributed by atoms with E-state index in [0.29, 0.717) is 11.3 Å². The minimum atomic E-state index is -0.0203. The van der Waals surface area contributed by atoms with Crippen LogP contribution in [0.3, 0.4) is 0 Å². The molecule has 2 fully saturated rings. The Hall–Kier alpha value is -1.06. The summed E-state index contributed by atoms with van der Waals surface area (Å²) in [7, 11) is 0. The third-order valence-corrected chi connectivity index (χ3v) is 5.08. The van der Waals surface area contributed by atoms with Crippen LogP contribution < -0.4 is 5.32 Å². The standard InChI is InChI=1S/C17H24N2O.ClH/c1-14(15-5-3-2-4-6-15)16(20)19-12-9-17(13-19)7-10-18-11-8-17;/h2-6,14,18H,7-13H2,1H3;1H. The molecule has 2 aliphatic heterocycles. The van der Waals surface area contributed by atoms with Crippen LogP contribution in [0, 0.1) is 5.41 Å². The third-order valence-electron chi connectivity index (χ3n) is 5.08. The molecule has 0 bridgehead atoms. The zero-order valence-electron chi connectivity index (χ0n) is 12.7. The highest BCUT2D eigenvalue weighted by Crippen LogP contribution is 2.39. The molecule has 1 N–H and O–H groups in total. The summed E-state index contributed by atoms with van der Waals surface area (Å²) >= 11 is 0. The van der Waals surface area contributed by atoms with E-state index in [0.717, 1.165) is 31.7 Å². The number of carbonyl (C=O) groups is 1. The molecule has 3 nitrogen and oxygen atoms in total. The molecule has 2 aliphatic rings. The van der Waals surface area contributed by atoms with Crippen molar-refractivity contribution in [1.29, 1.82) is 0 Å². The molecule has 1 aromatic rings. The number of hydrogen-bond acceptors (Lipinski definition) is 2. The van der Waals surface area contributed by atoms with Crippen LogP contribution in [0.2, 0.25) is 0 Å². The van der Waals surface area contributed by atoms with Crippen molar-refractivity contribution in [2.75, 3.05) is 26.2 Å². The lowest BCUT2D eigenvalue weighted by atomic mass is 9.78. The lowest BCUT2D eigenvalue weighted by Gasteiger charge is -2.34. The first kappa shape index (κ1) is 16.3. The van der Waals surface area contributed by atoms with Gasteiger partial charge in [-0.3, -0.25) is 4.79 Å². The Labute approximate surface area is 133 Å². The molecular weight excluding hydrogens is 284 g/mol. The Morgan fingerprint density at radius 3 is 2.52 bits per heavy atom. The zero-order chi connectivity index (χ0) is 14.0. The Morgan fingerprint density at radius 2 is 1.86 bits per heavy atom. The van der Waals surface area contributed by atoms with Crippen LogP contribution in [0.4, 0.5) is 0 Å². The van der Waals surface area contributed by atoms with Gasteiger partial charge in [0.05, 0.1) is 5.92 Å². The lowest BCUT2D eigenvalue weighted by Crippen LogP contribution is -2.40. The molecule has 21 heavy (non-hydrogen) atoms. The fraction of sp³-hybridized carbons (Fsp3) is 0.588. The molecule has 0 saturated carbocycles. The second-order valence-electron chi connectivity index (χ2n) is 6.39. The van der Waals surface area contributed by atoms with Gasteiger partial charge in [-0.15, -0.1) is 12.4 Å². The van der Waals surface area contributed by atoms with Crippen LogP contribution in [-0.4, -0.2) is 37.0 Å². The first-order chi connectivity index (χ1) is 9.70. The van der Waals surface area contributed by atoms with Crippen molar-refractivity contribution in [1.82, 2.24) is 10.2 Å². The van der Waals surface area contributed by atoms with E-state index in [4.69, 9.17) is 0 Å². The molecule has 0 radical (unpaired) electrons. The van der Waals surface area contributed by atoms with Crippen molar-refractivity contribution in [3.8, 4) is 0 Å². The summed E-state index contributed by atoms with van der Waals surface area (Å²) in [5.41, 5.74) is 1.53. The first-order valence-corrected chi connectivity index (χ1v) is 7.75. The Balaban J connectivity index is 0.00000161. The van der Waals surface area contributed by atoms with E-state index >= 15 is 0 Å². The van der Waals surface area contributed by atoms with E-state index in [1.807, 2.05) is 25.1 Å². The first-order valence-electron chi connectivity index (χ1n) is 7.75. The molecule has 0 aromatic heterocycles. The number of nitrogens with one attached hydrogen (secondary N) is 1. The molecule has 1 spiro atoms. The largest absolute Gasteiger partial charge is 0.342 e.